The maximum absolute atomic E-state index is 6.00. The van der Waals surface area contributed by atoms with E-state index in [1.165, 1.54) is 17.4 Å². The molecule has 1 unspecified atom stereocenters. The molecule has 3 rings (SSSR count). The highest BCUT2D eigenvalue weighted by molar-refractivity contribution is 6.31. The van der Waals surface area contributed by atoms with E-state index in [0.717, 1.165) is 30.2 Å². The number of likely N-dealkylation sites (N-methyl/N-ethyl adjacent to an activating group) is 1. The summed E-state index contributed by atoms with van der Waals surface area (Å²) in [5.41, 5.74) is 2.46. The van der Waals surface area contributed by atoms with Crippen LogP contribution in [0.4, 0.5) is 0 Å². The number of H-pyrrole nitrogens is 1. The van der Waals surface area contributed by atoms with E-state index in [2.05, 4.69) is 34.5 Å². The normalized spacial score (nSPS) is 20.1. The van der Waals surface area contributed by atoms with Crippen molar-refractivity contribution >= 4 is 22.5 Å². The molecule has 0 aliphatic carbocycles. The van der Waals surface area contributed by atoms with Crippen LogP contribution >= 0.6 is 11.6 Å². The summed E-state index contributed by atoms with van der Waals surface area (Å²) >= 11 is 6.00. The van der Waals surface area contributed by atoms with Crippen LogP contribution in [-0.4, -0.2) is 36.1 Å². The van der Waals surface area contributed by atoms with Crippen LogP contribution in [0, 0.1) is 0 Å². The minimum absolute atomic E-state index is 0.655. The van der Waals surface area contributed by atoms with Gasteiger partial charge in [-0.3, -0.25) is 4.90 Å². The Morgan fingerprint density at radius 2 is 2.33 bits per heavy atom. The van der Waals surface area contributed by atoms with Gasteiger partial charge in [-0.05, 0) is 37.7 Å². The Kier molecular flexibility index (Phi) is 3.29. The molecule has 0 bridgehead atoms. The summed E-state index contributed by atoms with van der Waals surface area (Å²) in [6, 6.07) is 6.70. The first-order valence-corrected chi connectivity index (χ1v) is 6.78. The molecule has 0 amide bonds. The second-order valence-corrected chi connectivity index (χ2v) is 5.50. The molecule has 2 heterocycles. The van der Waals surface area contributed by atoms with Crippen molar-refractivity contribution in [3.05, 3.63) is 35.0 Å². The third kappa shape index (κ3) is 2.26. The van der Waals surface area contributed by atoms with Gasteiger partial charge < -0.3 is 10.3 Å². The Bertz CT molecular complexity index is 543. The van der Waals surface area contributed by atoms with Crippen LogP contribution in [0.2, 0.25) is 5.02 Å². The summed E-state index contributed by atoms with van der Waals surface area (Å²) < 4.78 is 0. The quantitative estimate of drug-likeness (QED) is 0.892. The zero-order valence-electron chi connectivity index (χ0n) is 10.5. The highest BCUT2D eigenvalue weighted by atomic mass is 35.5. The molecule has 1 saturated heterocycles. The van der Waals surface area contributed by atoms with Crippen molar-refractivity contribution in [2.45, 2.75) is 19.0 Å². The van der Waals surface area contributed by atoms with Crippen LogP contribution in [0.3, 0.4) is 0 Å². The molecule has 1 aromatic carbocycles. The van der Waals surface area contributed by atoms with E-state index in [-0.39, 0.29) is 0 Å². The van der Waals surface area contributed by atoms with Crippen LogP contribution in [-0.2, 0) is 6.54 Å². The standard InChI is InChI=1S/C14H18ClN3/c1-18(12-4-5-16-8-12)9-10-7-17-14-6-11(15)2-3-13(10)14/h2-3,6-7,12,16-17H,4-5,8-9H2,1H3. The van der Waals surface area contributed by atoms with E-state index < -0.39 is 0 Å². The topological polar surface area (TPSA) is 31.1 Å². The fourth-order valence-corrected chi connectivity index (χ4v) is 2.87. The van der Waals surface area contributed by atoms with Crippen molar-refractivity contribution in [2.24, 2.45) is 0 Å². The van der Waals surface area contributed by atoms with Crippen molar-refractivity contribution in [1.82, 2.24) is 15.2 Å². The molecule has 0 radical (unpaired) electrons. The molecular formula is C14H18ClN3. The second kappa shape index (κ2) is 4.92. The lowest BCUT2D eigenvalue weighted by Gasteiger charge is -2.23. The lowest BCUT2D eigenvalue weighted by Crippen LogP contribution is -2.32. The minimum atomic E-state index is 0.655. The fraction of sp³-hybridized carbons (Fsp3) is 0.429. The number of benzene rings is 1. The summed E-state index contributed by atoms with van der Waals surface area (Å²) in [5.74, 6) is 0. The minimum Gasteiger partial charge on any atom is -0.361 e. The molecule has 2 aromatic rings. The van der Waals surface area contributed by atoms with Crippen LogP contribution in [0.5, 0.6) is 0 Å². The first-order valence-electron chi connectivity index (χ1n) is 6.40. The van der Waals surface area contributed by atoms with Crippen molar-refractivity contribution in [3.8, 4) is 0 Å². The maximum Gasteiger partial charge on any atom is 0.0472 e. The lowest BCUT2D eigenvalue weighted by molar-refractivity contribution is 0.250. The number of hydrogen-bond acceptors (Lipinski definition) is 2. The highest BCUT2D eigenvalue weighted by Crippen LogP contribution is 2.23. The Morgan fingerprint density at radius 1 is 1.44 bits per heavy atom. The predicted molar refractivity (Wildman–Crippen MR) is 76.1 cm³/mol. The SMILES string of the molecule is CN(Cc1c[nH]c2cc(Cl)ccc12)C1CCNC1. The molecule has 18 heavy (non-hydrogen) atoms. The predicted octanol–water partition coefficient (Wildman–Crippen LogP) is 2.62. The van der Waals surface area contributed by atoms with Crippen molar-refractivity contribution < 1.29 is 0 Å². The lowest BCUT2D eigenvalue weighted by atomic mass is 10.1. The maximum atomic E-state index is 6.00. The summed E-state index contributed by atoms with van der Waals surface area (Å²) in [6.45, 7) is 3.22. The zero-order chi connectivity index (χ0) is 12.5. The number of aromatic amines is 1. The number of rotatable bonds is 3. The third-order valence-corrected chi connectivity index (χ3v) is 4.04. The second-order valence-electron chi connectivity index (χ2n) is 5.07. The summed E-state index contributed by atoms with van der Waals surface area (Å²) in [6.07, 6.45) is 3.34. The smallest absolute Gasteiger partial charge is 0.0472 e. The number of aromatic nitrogens is 1. The molecule has 1 aliphatic rings. The molecule has 0 saturated carbocycles. The van der Waals surface area contributed by atoms with Crippen molar-refractivity contribution in [3.63, 3.8) is 0 Å². The van der Waals surface area contributed by atoms with Crippen LogP contribution in [0.15, 0.2) is 24.4 Å². The van der Waals surface area contributed by atoms with E-state index in [4.69, 9.17) is 11.6 Å². The van der Waals surface area contributed by atoms with E-state index >= 15 is 0 Å². The molecule has 96 valence electrons. The van der Waals surface area contributed by atoms with Gasteiger partial charge in [0.15, 0.2) is 0 Å². The molecule has 3 nitrogen and oxygen atoms in total. The number of nitrogens with zero attached hydrogens (tertiary/aromatic N) is 1. The van der Waals surface area contributed by atoms with Crippen LogP contribution in [0.1, 0.15) is 12.0 Å². The highest BCUT2D eigenvalue weighted by Gasteiger charge is 2.19. The van der Waals surface area contributed by atoms with Crippen molar-refractivity contribution in [1.29, 1.82) is 0 Å². The molecule has 4 heteroatoms. The Morgan fingerprint density at radius 3 is 3.11 bits per heavy atom. The largest absolute Gasteiger partial charge is 0.361 e. The average molecular weight is 264 g/mol. The molecule has 1 atom stereocenters. The van der Waals surface area contributed by atoms with E-state index in [9.17, 15) is 0 Å². The van der Waals surface area contributed by atoms with E-state index in [1.54, 1.807) is 0 Å². The molecule has 0 spiro atoms. The van der Waals surface area contributed by atoms with Crippen molar-refractivity contribution in [2.75, 3.05) is 20.1 Å². The van der Waals surface area contributed by atoms with Gasteiger partial charge in [0.25, 0.3) is 0 Å². The first-order chi connectivity index (χ1) is 8.74. The van der Waals surface area contributed by atoms with Gasteiger partial charge in [0.05, 0.1) is 0 Å². The molecule has 1 aliphatic heterocycles. The van der Waals surface area contributed by atoms with Gasteiger partial charge in [-0.1, -0.05) is 17.7 Å². The third-order valence-electron chi connectivity index (χ3n) is 3.81. The number of nitrogens with one attached hydrogen (secondary N) is 2. The fourth-order valence-electron chi connectivity index (χ4n) is 2.70. The van der Waals surface area contributed by atoms with Crippen LogP contribution in [0.25, 0.3) is 10.9 Å². The molecule has 2 N–H and O–H groups in total. The first kappa shape index (κ1) is 12.0. The van der Waals surface area contributed by atoms with Gasteiger partial charge in [0, 0.05) is 41.3 Å². The van der Waals surface area contributed by atoms with Crippen LogP contribution < -0.4 is 5.32 Å². The molecule has 1 aromatic heterocycles. The van der Waals surface area contributed by atoms with Gasteiger partial charge in [-0.25, -0.2) is 0 Å². The Hall–Kier alpha value is -1.03. The molecular weight excluding hydrogens is 246 g/mol. The zero-order valence-corrected chi connectivity index (χ0v) is 11.3. The number of hydrogen-bond donors (Lipinski definition) is 2. The van der Waals surface area contributed by atoms with E-state index in [0.29, 0.717) is 6.04 Å². The van der Waals surface area contributed by atoms with Gasteiger partial charge in [-0.2, -0.15) is 0 Å². The monoisotopic (exact) mass is 263 g/mol. The summed E-state index contributed by atoms with van der Waals surface area (Å²) in [7, 11) is 2.20. The summed E-state index contributed by atoms with van der Waals surface area (Å²) in [4.78, 5) is 5.73. The Labute approximate surface area is 112 Å². The van der Waals surface area contributed by atoms with E-state index in [1.807, 2.05) is 12.1 Å². The number of halogens is 1. The average Bonchev–Trinajstić information content (AvgIpc) is 2.98. The molecule has 1 fully saturated rings. The Balaban J connectivity index is 1.81. The van der Waals surface area contributed by atoms with Gasteiger partial charge >= 0.3 is 0 Å². The number of fused-ring (bicyclic) bond motifs is 1. The summed E-state index contributed by atoms with van der Waals surface area (Å²) in [5, 5.41) is 5.47. The van der Waals surface area contributed by atoms with Gasteiger partial charge in [-0.15, -0.1) is 0 Å². The van der Waals surface area contributed by atoms with Gasteiger partial charge in [0.1, 0.15) is 0 Å². The van der Waals surface area contributed by atoms with Gasteiger partial charge in [0.2, 0.25) is 0 Å².